The fraction of sp³-hybridized carbons (Fsp3) is 0.458. The van der Waals surface area contributed by atoms with Crippen molar-refractivity contribution in [3.05, 3.63) is 47.8 Å². The lowest BCUT2D eigenvalue weighted by atomic mass is 10.1. The first-order chi connectivity index (χ1) is 16.0. The number of nitrogens with one attached hydrogen (secondary N) is 1. The molecule has 0 aromatic carbocycles. The molecule has 172 valence electrons. The number of amides is 2. The lowest BCUT2D eigenvalue weighted by Crippen LogP contribution is -2.52. The molecule has 1 aliphatic carbocycles. The Morgan fingerprint density at radius 3 is 2.85 bits per heavy atom. The molecule has 9 heteroatoms. The number of nitrogens with zero attached hydrogens (tertiary/aromatic N) is 6. The predicted octanol–water partition coefficient (Wildman–Crippen LogP) is 3.44. The Kier molecular flexibility index (Phi) is 4.76. The second-order valence-electron chi connectivity index (χ2n) is 9.41. The maximum atomic E-state index is 14.6. The van der Waals surface area contributed by atoms with Gasteiger partial charge in [-0.15, -0.1) is 0 Å². The molecule has 33 heavy (non-hydrogen) atoms. The Bertz CT molecular complexity index is 1240. The third-order valence-corrected chi connectivity index (χ3v) is 7.03. The first kappa shape index (κ1) is 20.4. The maximum Gasteiger partial charge on any atom is 0.327 e. The Labute approximate surface area is 192 Å². The van der Waals surface area contributed by atoms with Gasteiger partial charge in [0.1, 0.15) is 11.5 Å². The topological polar surface area (TPSA) is 69.0 Å². The zero-order valence-corrected chi connectivity index (χ0v) is 19.0. The largest absolute Gasteiger partial charge is 0.368 e. The third-order valence-electron chi connectivity index (χ3n) is 7.03. The number of carbonyl (C=O) groups excluding carboxylic acids is 1. The standard InChI is InChI=1S/C24H28FN7O/c1-15-12-30-14-20(19(25)11-22(30)27-15)28-24(33)32-8-6-18-21(5-7-26-23(18)32)29-9-10-31(16(2)13-29)17-3-4-17/h5,7,11-12,14,16-17H,3-4,6,8-10,13H2,1-2H3,(H,28,33)/t16-/m0/s1. The number of hydrogen-bond donors (Lipinski definition) is 1. The summed E-state index contributed by atoms with van der Waals surface area (Å²) in [5, 5.41) is 2.73. The van der Waals surface area contributed by atoms with Crippen LogP contribution in [0.4, 0.5) is 26.4 Å². The average Bonchev–Trinajstić information content (AvgIpc) is 3.43. The normalized spacial score (nSPS) is 21.0. The van der Waals surface area contributed by atoms with E-state index in [2.05, 4.69) is 38.1 Å². The van der Waals surface area contributed by atoms with Gasteiger partial charge in [0.25, 0.3) is 0 Å². The quantitative estimate of drug-likeness (QED) is 0.664. The summed E-state index contributed by atoms with van der Waals surface area (Å²) in [4.78, 5) is 28.6. The maximum absolute atomic E-state index is 14.6. The minimum absolute atomic E-state index is 0.125. The van der Waals surface area contributed by atoms with E-state index in [4.69, 9.17) is 0 Å². The predicted molar refractivity (Wildman–Crippen MR) is 126 cm³/mol. The minimum Gasteiger partial charge on any atom is -0.368 e. The van der Waals surface area contributed by atoms with Crippen LogP contribution in [0.5, 0.6) is 0 Å². The van der Waals surface area contributed by atoms with Crippen LogP contribution >= 0.6 is 0 Å². The van der Waals surface area contributed by atoms with Gasteiger partial charge >= 0.3 is 6.03 Å². The van der Waals surface area contributed by atoms with Crippen LogP contribution in [0, 0.1) is 12.7 Å². The summed E-state index contributed by atoms with van der Waals surface area (Å²) in [7, 11) is 0. The number of imidazole rings is 1. The number of aryl methyl sites for hydroxylation is 1. The molecule has 1 saturated heterocycles. The highest BCUT2D eigenvalue weighted by atomic mass is 19.1. The van der Waals surface area contributed by atoms with E-state index in [9.17, 15) is 9.18 Å². The SMILES string of the molecule is Cc1cn2cc(NC(=O)N3CCc4c(N5CCN(C6CC6)[C@@H](C)C5)ccnc43)c(F)cc2n1. The number of rotatable bonds is 3. The molecule has 0 spiro atoms. The molecule has 1 N–H and O–H groups in total. The highest BCUT2D eigenvalue weighted by Crippen LogP contribution is 2.36. The molecule has 3 aromatic rings. The molecule has 5 heterocycles. The number of piperazine rings is 1. The molecule has 0 radical (unpaired) electrons. The molecule has 3 aliphatic rings. The number of pyridine rings is 2. The molecule has 2 amide bonds. The van der Waals surface area contributed by atoms with Gasteiger partial charge in [-0.1, -0.05) is 0 Å². The second-order valence-corrected chi connectivity index (χ2v) is 9.41. The van der Waals surface area contributed by atoms with Crippen molar-refractivity contribution in [1.29, 1.82) is 0 Å². The monoisotopic (exact) mass is 449 g/mol. The Morgan fingerprint density at radius 2 is 2.06 bits per heavy atom. The molecule has 0 bridgehead atoms. The van der Waals surface area contributed by atoms with Crippen molar-refractivity contribution in [1.82, 2.24) is 19.3 Å². The summed E-state index contributed by atoms with van der Waals surface area (Å²) in [5.41, 5.74) is 3.69. The number of anilines is 3. The van der Waals surface area contributed by atoms with Crippen LogP contribution in [0.2, 0.25) is 0 Å². The van der Waals surface area contributed by atoms with Gasteiger partial charge in [-0.2, -0.15) is 0 Å². The van der Waals surface area contributed by atoms with Crippen molar-refractivity contribution in [3.63, 3.8) is 0 Å². The smallest absolute Gasteiger partial charge is 0.327 e. The minimum atomic E-state index is -0.509. The summed E-state index contributed by atoms with van der Waals surface area (Å²) < 4.78 is 16.3. The van der Waals surface area contributed by atoms with Crippen molar-refractivity contribution >= 4 is 28.9 Å². The van der Waals surface area contributed by atoms with Gasteiger partial charge in [-0.05, 0) is 39.2 Å². The van der Waals surface area contributed by atoms with E-state index >= 15 is 0 Å². The van der Waals surface area contributed by atoms with E-state index in [1.807, 2.05) is 6.92 Å². The number of carbonyl (C=O) groups is 1. The third kappa shape index (κ3) is 3.60. The molecule has 0 unspecified atom stereocenters. The van der Waals surface area contributed by atoms with Crippen molar-refractivity contribution in [2.24, 2.45) is 0 Å². The zero-order chi connectivity index (χ0) is 22.7. The van der Waals surface area contributed by atoms with E-state index in [1.165, 1.54) is 24.6 Å². The molecule has 6 rings (SSSR count). The lowest BCUT2D eigenvalue weighted by molar-refractivity contribution is 0.180. The number of aromatic nitrogens is 3. The first-order valence-corrected chi connectivity index (χ1v) is 11.7. The van der Waals surface area contributed by atoms with Crippen molar-refractivity contribution in [2.75, 3.05) is 41.3 Å². The molecule has 1 saturated carbocycles. The second kappa shape index (κ2) is 7.69. The average molecular weight is 450 g/mol. The highest BCUT2D eigenvalue weighted by Gasteiger charge is 2.37. The lowest BCUT2D eigenvalue weighted by Gasteiger charge is -2.41. The van der Waals surface area contributed by atoms with Gasteiger partial charge in [0.2, 0.25) is 0 Å². The Hall–Kier alpha value is -3.20. The van der Waals surface area contributed by atoms with Crippen molar-refractivity contribution < 1.29 is 9.18 Å². The summed E-state index contributed by atoms with van der Waals surface area (Å²) in [6, 6.07) is 4.31. The number of hydrogen-bond acceptors (Lipinski definition) is 5. The van der Waals surface area contributed by atoms with Crippen molar-refractivity contribution in [2.45, 2.75) is 45.2 Å². The van der Waals surface area contributed by atoms with Crippen LogP contribution in [0.3, 0.4) is 0 Å². The first-order valence-electron chi connectivity index (χ1n) is 11.7. The summed E-state index contributed by atoms with van der Waals surface area (Å²) >= 11 is 0. The summed E-state index contributed by atoms with van der Waals surface area (Å²) in [6.45, 7) is 7.71. The molecule has 8 nitrogen and oxygen atoms in total. The fourth-order valence-electron chi connectivity index (χ4n) is 5.32. The van der Waals surface area contributed by atoms with E-state index in [0.717, 1.165) is 43.4 Å². The van der Waals surface area contributed by atoms with Gasteiger partial charge in [0.15, 0.2) is 5.82 Å². The van der Waals surface area contributed by atoms with Crippen LogP contribution in [0.1, 0.15) is 31.0 Å². The highest BCUT2D eigenvalue weighted by molar-refractivity contribution is 6.03. The van der Waals surface area contributed by atoms with E-state index in [-0.39, 0.29) is 11.7 Å². The van der Waals surface area contributed by atoms with E-state index in [0.29, 0.717) is 24.1 Å². The fourth-order valence-corrected chi connectivity index (χ4v) is 5.32. The molecule has 2 aliphatic heterocycles. The Morgan fingerprint density at radius 1 is 1.21 bits per heavy atom. The Balaban J connectivity index is 1.22. The number of halogens is 1. The molecular formula is C24H28FN7O. The van der Waals surface area contributed by atoms with Crippen LogP contribution in [-0.4, -0.2) is 63.6 Å². The summed E-state index contributed by atoms with van der Waals surface area (Å²) in [5.74, 6) is 0.160. The van der Waals surface area contributed by atoms with Gasteiger partial charge < -0.3 is 14.6 Å². The van der Waals surface area contributed by atoms with Gasteiger partial charge in [0.05, 0.1) is 11.4 Å². The molecular weight excluding hydrogens is 421 g/mol. The van der Waals surface area contributed by atoms with Crippen LogP contribution in [0.15, 0.2) is 30.7 Å². The van der Waals surface area contributed by atoms with Crippen molar-refractivity contribution in [3.8, 4) is 0 Å². The van der Waals surface area contributed by atoms with Crippen LogP contribution < -0.4 is 15.1 Å². The van der Waals surface area contributed by atoms with E-state index in [1.54, 1.807) is 27.9 Å². The molecule has 2 fully saturated rings. The molecule has 3 aromatic heterocycles. The van der Waals surface area contributed by atoms with Gasteiger partial charge in [-0.25, -0.2) is 19.2 Å². The number of fused-ring (bicyclic) bond motifs is 2. The van der Waals surface area contributed by atoms with Gasteiger partial charge in [-0.3, -0.25) is 9.80 Å². The van der Waals surface area contributed by atoms with Crippen LogP contribution in [0.25, 0.3) is 5.65 Å². The zero-order valence-electron chi connectivity index (χ0n) is 19.0. The number of urea groups is 1. The van der Waals surface area contributed by atoms with E-state index < -0.39 is 5.82 Å². The van der Waals surface area contributed by atoms with Crippen LogP contribution in [-0.2, 0) is 6.42 Å². The molecule has 1 atom stereocenters. The summed E-state index contributed by atoms with van der Waals surface area (Å²) in [6.07, 6.45) is 8.53. The van der Waals surface area contributed by atoms with Gasteiger partial charge in [0, 0.05) is 74.2 Å².